The number of nitrogens with one attached hydrogen (secondary N) is 2. The van der Waals surface area contributed by atoms with Crippen molar-refractivity contribution < 1.29 is 9.90 Å². The number of hydrogen-bond acceptors (Lipinski definition) is 8. The number of para-hydroxylation sites is 1. The van der Waals surface area contributed by atoms with Crippen molar-refractivity contribution in [3.63, 3.8) is 0 Å². The van der Waals surface area contributed by atoms with Crippen LogP contribution in [0.4, 0.5) is 28.7 Å². The van der Waals surface area contributed by atoms with Crippen LogP contribution in [0, 0.1) is 0 Å². The standard InChI is InChI=1S/C23H27N7O2/c1-29-8-10-30(11-9-29)17-6-7-21(25-13-17)28-22-12-20(18(14-26-22)23(24)32)27-19-5-3-2-4-16(19)15-31/h2-7,12-14,31H,8-11,15H2,1H3,(H2,24,32)(H2,25,26,27,28). The number of carbonyl (C=O) groups is 1. The molecule has 5 N–H and O–H groups in total. The molecule has 1 aliphatic heterocycles. The first-order chi connectivity index (χ1) is 15.5. The summed E-state index contributed by atoms with van der Waals surface area (Å²) in [6.45, 7) is 3.89. The number of pyridine rings is 2. The van der Waals surface area contributed by atoms with Crippen LogP contribution in [0.2, 0.25) is 0 Å². The van der Waals surface area contributed by atoms with Crippen molar-refractivity contribution in [2.75, 3.05) is 48.8 Å². The zero-order valence-electron chi connectivity index (χ0n) is 18.0. The lowest BCUT2D eigenvalue weighted by molar-refractivity contribution is 0.100. The van der Waals surface area contributed by atoms with E-state index in [1.54, 1.807) is 12.1 Å². The van der Waals surface area contributed by atoms with E-state index in [1.165, 1.54) is 6.20 Å². The maximum atomic E-state index is 11.9. The summed E-state index contributed by atoms with van der Waals surface area (Å²) < 4.78 is 0. The number of anilines is 5. The Morgan fingerprint density at radius 2 is 1.75 bits per heavy atom. The Hall–Kier alpha value is -3.69. The van der Waals surface area contributed by atoms with Crippen molar-refractivity contribution >= 4 is 34.6 Å². The number of benzene rings is 1. The van der Waals surface area contributed by atoms with Crippen molar-refractivity contribution in [3.05, 3.63) is 66.0 Å². The van der Waals surface area contributed by atoms with Gasteiger partial charge in [0.25, 0.3) is 5.91 Å². The minimum atomic E-state index is -0.595. The van der Waals surface area contributed by atoms with Gasteiger partial charge >= 0.3 is 0 Å². The van der Waals surface area contributed by atoms with Crippen LogP contribution in [0.5, 0.6) is 0 Å². The predicted octanol–water partition coefficient (Wildman–Crippen LogP) is 2.31. The van der Waals surface area contributed by atoms with E-state index in [1.807, 2.05) is 36.5 Å². The summed E-state index contributed by atoms with van der Waals surface area (Å²) in [7, 11) is 2.13. The lowest BCUT2D eigenvalue weighted by Crippen LogP contribution is -2.44. The van der Waals surface area contributed by atoms with Crippen LogP contribution < -0.4 is 21.3 Å². The Morgan fingerprint density at radius 1 is 1.00 bits per heavy atom. The van der Waals surface area contributed by atoms with E-state index in [4.69, 9.17) is 5.73 Å². The van der Waals surface area contributed by atoms with E-state index in [0.29, 0.717) is 28.6 Å². The summed E-state index contributed by atoms with van der Waals surface area (Å²) in [6.07, 6.45) is 3.27. The maximum Gasteiger partial charge on any atom is 0.252 e. The summed E-state index contributed by atoms with van der Waals surface area (Å²) in [4.78, 5) is 25.3. The van der Waals surface area contributed by atoms with Gasteiger partial charge in [0, 0.05) is 49.7 Å². The molecule has 0 unspecified atom stereocenters. The molecule has 166 valence electrons. The molecule has 3 heterocycles. The number of aliphatic hydroxyl groups excluding tert-OH is 1. The molecular formula is C23H27N7O2. The summed E-state index contributed by atoms with van der Waals surface area (Å²) in [5.41, 5.74) is 8.75. The van der Waals surface area contributed by atoms with Gasteiger partial charge in [0.1, 0.15) is 11.6 Å². The van der Waals surface area contributed by atoms with Crippen LogP contribution in [-0.4, -0.2) is 59.1 Å². The van der Waals surface area contributed by atoms with E-state index in [-0.39, 0.29) is 12.2 Å². The number of hydrogen-bond donors (Lipinski definition) is 4. The minimum absolute atomic E-state index is 0.130. The molecule has 1 aromatic carbocycles. The van der Waals surface area contributed by atoms with Crippen LogP contribution in [0.1, 0.15) is 15.9 Å². The van der Waals surface area contributed by atoms with Gasteiger partial charge in [0.2, 0.25) is 0 Å². The number of likely N-dealkylation sites (N-methyl/N-ethyl adjacent to an activating group) is 1. The fraction of sp³-hybridized carbons (Fsp3) is 0.261. The lowest BCUT2D eigenvalue weighted by atomic mass is 10.1. The van der Waals surface area contributed by atoms with Gasteiger partial charge < -0.3 is 31.3 Å². The average Bonchev–Trinajstić information content (AvgIpc) is 2.80. The molecule has 0 bridgehead atoms. The molecule has 0 spiro atoms. The largest absolute Gasteiger partial charge is 0.392 e. The first-order valence-electron chi connectivity index (χ1n) is 10.5. The molecule has 1 saturated heterocycles. The Kier molecular flexibility index (Phi) is 6.48. The normalized spacial score (nSPS) is 14.2. The van der Waals surface area contributed by atoms with Gasteiger partial charge in [-0.1, -0.05) is 18.2 Å². The van der Waals surface area contributed by atoms with Crippen molar-refractivity contribution in [1.29, 1.82) is 0 Å². The third kappa shape index (κ3) is 4.96. The summed E-state index contributed by atoms with van der Waals surface area (Å²) in [5.74, 6) is 0.561. The van der Waals surface area contributed by atoms with Gasteiger partial charge in [0.05, 0.1) is 29.7 Å². The van der Waals surface area contributed by atoms with Gasteiger partial charge in [0.15, 0.2) is 0 Å². The van der Waals surface area contributed by atoms with Gasteiger partial charge in [-0.25, -0.2) is 9.97 Å². The highest BCUT2D eigenvalue weighted by atomic mass is 16.3. The number of amides is 1. The molecule has 3 aromatic rings. The van der Waals surface area contributed by atoms with Crippen LogP contribution in [-0.2, 0) is 6.61 Å². The average molecular weight is 434 g/mol. The highest BCUT2D eigenvalue weighted by molar-refractivity contribution is 5.99. The molecule has 9 heteroatoms. The zero-order chi connectivity index (χ0) is 22.5. The van der Waals surface area contributed by atoms with E-state index < -0.39 is 5.91 Å². The Labute approximate surface area is 186 Å². The highest BCUT2D eigenvalue weighted by Gasteiger charge is 2.15. The first-order valence-corrected chi connectivity index (χ1v) is 10.5. The number of nitrogens with zero attached hydrogens (tertiary/aromatic N) is 4. The van der Waals surface area contributed by atoms with Crippen LogP contribution >= 0.6 is 0 Å². The number of aromatic nitrogens is 2. The van der Waals surface area contributed by atoms with Gasteiger partial charge in [-0.2, -0.15) is 0 Å². The molecule has 0 radical (unpaired) electrons. The second kappa shape index (κ2) is 9.63. The fourth-order valence-electron chi connectivity index (χ4n) is 3.59. The number of primary amides is 1. The molecule has 2 aromatic heterocycles. The Balaban J connectivity index is 1.52. The Morgan fingerprint density at radius 3 is 2.44 bits per heavy atom. The second-order valence-electron chi connectivity index (χ2n) is 7.74. The minimum Gasteiger partial charge on any atom is -0.392 e. The third-order valence-corrected chi connectivity index (χ3v) is 5.50. The fourth-order valence-corrected chi connectivity index (χ4v) is 3.59. The summed E-state index contributed by atoms with van der Waals surface area (Å²) in [6, 6.07) is 13.0. The van der Waals surface area contributed by atoms with Crippen molar-refractivity contribution in [3.8, 4) is 0 Å². The quantitative estimate of drug-likeness (QED) is 0.448. The van der Waals surface area contributed by atoms with E-state index in [0.717, 1.165) is 31.9 Å². The van der Waals surface area contributed by atoms with E-state index in [2.05, 4.69) is 37.4 Å². The molecule has 1 fully saturated rings. The molecule has 4 rings (SSSR count). The SMILES string of the molecule is CN1CCN(c2ccc(Nc3cc(Nc4ccccc4CO)c(C(N)=O)cn3)nc2)CC1. The van der Waals surface area contributed by atoms with Crippen molar-refractivity contribution in [1.82, 2.24) is 14.9 Å². The maximum absolute atomic E-state index is 11.9. The van der Waals surface area contributed by atoms with Crippen LogP contribution in [0.3, 0.4) is 0 Å². The van der Waals surface area contributed by atoms with E-state index >= 15 is 0 Å². The van der Waals surface area contributed by atoms with Crippen molar-refractivity contribution in [2.24, 2.45) is 5.73 Å². The first kappa shape index (κ1) is 21.5. The number of nitrogens with two attached hydrogens (primary N) is 1. The molecule has 1 amide bonds. The number of piperazine rings is 1. The monoisotopic (exact) mass is 433 g/mol. The van der Waals surface area contributed by atoms with Crippen LogP contribution in [0.25, 0.3) is 0 Å². The van der Waals surface area contributed by atoms with Crippen LogP contribution in [0.15, 0.2) is 54.9 Å². The number of aliphatic hydroxyl groups is 1. The third-order valence-electron chi connectivity index (χ3n) is 5.50. The molecule has 1 aliphatic rings. The van der Waals surface area contributed by atoms with E-state index in [9.17, 15) is 9.90 Å². The smallest absolute Gasteiger partial charge is 0.252 e. The molecule has 0 saturated carbocycles. The predicted molar refractivity (Wildman–Crippen MR) is 126 cm³/mol. The molecular weight excluding hydrogens is 406 g/mol. The topological polar surface area (TPSA) is 120 Å². The lowest BCUT2D eigenvalue weighted by Gasteiger charge is -2.33. The van der Waals surface area contributed by atoms with Gasteiger partial charge in [-0.15, -0.1) is 0 Å². The molecule has 0 atom stereocenters. The summed E-state index contributed by atoms with van der Waals surface area (Å²) >= 11 is 0. The Bertz CT molecular complexity index is 1080. The summed E-state index contributed by atoms with van der Waals surface area (Å²) in [5, 5.41) is 15.9. The molecule has 32 heavy (non-hydrogen) atoms. The molecule has 9 nitrogen and oxygen atoms in total. The van der Waals surface area contributed by atoms with Gasteiger partial charge in [-0.3, -0.25) is 4.79 Å². The molecule has 0 aliphatic carbocycles. The zero-order valence-corrected chi connectivity index (χ0v) is 18.0. The number of rotatable bonds is 7. The highest BCUT2D eigenvalue weighted by Crippen LogP contribution is 2.27. The van der Waals surface area contributed by atoms with Crippen molar-refractivity contribution in [2.45, 2.75) is 6.61 Å². The number of carbonyl (C=O) groups excluding carboxylic acids is 1. The van der Waals surface area contributed by atoms with Gasteiger partial charge in [-0.05, 0) is 25.2 Å². The second-order valence-corrected chi connectivity index (χ2v) is 7.74.